The van der Waals surface area contributed by atoms with E-state index in [1.807, 2.05) is 0 Å². The lowest BCUT2D eigenvalue weighted by atomic mass is 10.2. The molecule has 0 unspecified atom stereocenters. The number of allylic oxidation sites excluding steroid dienone is 2. The van der Waals surface area contributed by atoms with Crippen molar-refractivity contribution in [1.29, 1.82) is 0 Å². The van der Waals surface area contributed by atoms with Gasteiger partial charge in [-0.15, -0.1) is 0 Å². The first-order valence-electron chi connectivity index (χ1n) is 2.88. The van der Waals surface area contributed by atoms with Crippen LogP contribution in [0.5, 0.6) is 0 Å². The Morgan fingerprint density at radius 3 is 3.10 bits per heavy atom. The summed E-state index contributed by atoms with van der Waals surface area (Å²) in [5.74, 6) is 11.0. The van der Waals surface area contributed by atoms with Gasteiger partial charge in [0, 0.05) is 30.5 Å². The summed E-state index contributed by atoms with van der Waals surface area (Å²) >= 11 is 0. The standard InChI is InChI=1S/C9H2N/c1-3-7-10-8-4-2-6-9(10)5-1/h1H2. The maximum atomic E-state index is 3.01. The first-order chi connectivity index (χ1) is 4.97. The van der Waals surface area contributed by atoms with Gasteiger partial charge in [0.15, 0.2) is 0 Å². The van der Waals surface area contributed by atoms with Gasteiger partial charge in [0.05, 0.1) is 0 Å². The predicted molar refractivity (Wildman–Crippen MR) is 36.5 cm³/mol. The molecule has 0 aromatic heterocycles. The average molecular weight is 124 g/mol. The Morgan fingerprint density at radius 2 is 2.20 bits per heavy atom. The molecule has 0 aromatic carbocycles. The van der Waals surface area contributed by atoms with Crippen LogP contribution in [0.3, 0.4) is 0 Å². The smallest absolute Gasteiger partial charge is 0.119 e. The van der Waals surface area contributed by atoms with Crippen LogP contribution in [0.2, 0.25) is 0 Å². The van der Waals surface area contributed by atoms with E-state index in [0.29, 0.717) is 6.42 Å². The fourth-order valence-electron chi connectivity index (χ4n) is 0.740. The van der Waals surface area contributed by atoms with Crippen LogP contribution >= 0.6 is 0 Å². The number of hydrogen-bond donors (Lipinski definition) is 0. The summed E-state index contributed by atoms with van der Waals surface area (Å²) < 4.78 is 0. The molecule has 0 saturated carbocycles. The quantitative estimate of drug-likeness (QED) is 0.420. The Labute approximate surface area is 59.7 Å². The van der Waals surface area contributed by atoms with Crippen LogP contribution in [-0.2, 0) is 0 Å². The van der Waals surface area contributed by atoms with Crippen LogP contribution in [-0.4, -0.2) is 4.90 Å². The highest BCUT2D eigenvalue weighted by atomic mass is 15.1. The molecule has 1 heteroatoms. The average Bonchev–Trinajstić information content (AvgIpc) is 2.05. The molecular formula is C9H2N. The Morgan fingerprint density at radius 1 is 1.20 bits per heavy atom. The van der Waals surface area contributed by atoms with E-state index in [2.05, 4.69) is 41.8 Å². The normalized spacial score (nSPS) is 16.0. The van der Waals surface area contributed by atoms with E-state index in [1.54, 1.807) is 4.90 Å². The fourth-order valence-corrected chi connectivity index (χ4v) is 0.740. The number of rotatable bonds is 0. The molecular weight excluding hydrogens is 122 g/mol. The lowest BCUT2D eigenvalue weighted by molar-refractivity contribution is 0.713. The van der Waals surface area contributed by atoms with Crippen molar-refractivity contribution in [2.24, 2.45) is 0 Å². The van der Waals surface area contributed by atoms with E-state index in [0.717, 1.165) is 5.70 Å². The SMILES string of the molecule is [C]1=C2C#CC#CN2C#CC1. The highest BCUT2D eigenvalue weighted by Gasteiger charge is 2.05. The molecule has 0 amide bonds. The zero-order valence-corrected chi connectivity index (χ0v) is 5.15. The highest BCUT2D eigenvalue weighted by molar-refractivity contribution is 5.45. The molecule has 0 bridgehead atoms. The minimum Gasteiger partial charge on any atom is -0.218 e. The first kappa shape index (κ1) is 5.04. The van der Waals surface area contributed by atoms with Crippen molar-refractivity contribution in [2.75, 3.05) is 0 Å². The minimum absolute atomic E-state index is 0.669. The molecule has 2 rings (SSSR count). The molecule has 1 radical (unpaired) electrons. The third-order valence-electron chi connectivity index (χ3n) is 1.17. The lowest BCUT2D eigenvalue weighted by Gasteiger charge is -2.10. The van der Waals surface area contributed by atoms with Gasteiger partial charge in [-0.3, -0.25) is 0 Å². The van der Waals surface area contributed by atoms with Gasteiger partial charge < -0.3 is 0 Å². The lowest BCUT2D eigenvalue weighted by Crippen LogP contribution is -2.13. The van der Waals surface area contributed by atoms with E-state index >= 15 is 0 Å². The van der Waals surface area contributed by atoms with E-state index in [4.69, 9.17) is 0 Å². The molecule has 2 aliphatic heterocycles. The molecule has 10 heavy (non-hydrogen) atoms. The first-order valence-corrected chi connectivity index (χ1v) is 2.88. The van der Waals surface area contributed by atoms with Gasteiger partial charge in [0.25, 0.3) is 0 Å². The molecule has 0 spiro atoms. The molecule has 0 N–H and O–H groups in total. The van der Waals surface area contributed by atoms with E-state index in [-0.39, 0.29) is 0 Å². The number of fused-ring (bicyclic) bond motifs is 1. The Bertz CT molecular complexity index is 368. The molecule has 0 atom stereocenters. The van der Waals surface area contributed by atoms with Crippen molar-refractivity contribution in [3.63, 3.8) is 0 Å². The Kier molecular flexibility index (Phi) is 0.943. The topological polar surface area (TPSA) is 3.24 Å². The number of nitrogens with zero attached hydrogens (tertiary/aromatic N) is 1. The van der Waals surface area contributed by atoms with Crippen LogP contribution in [0.25, 0.3) is 0 Å². The predicted octanol–water partition coefficient (Wildman–Crippen LogP) is 0.318. The molecule has 0 saturated heterocycles. The summed E-state index contributed by atoms with van der Waals surface area (Å²) in [5.41, 5.74) is 0.803. The summed E-state index contributed by atoms with van der Waals surface area (Å²) in [6.45, 7) is 0. The van der Waals surface area contributed by atoms with Crippen molar-refractivity contribution in [3.05, 3.63) is 11.8 Å². The second-order valence-corrected chi connectivity index (χ2v) is 1.81. The van der Waals surface area contributed by atoms with Crippen molar-refractivity contribution in [3.8, 4) is 35.8 Å². The fraction of sp³-hybridized carbons (Fsp3) is 0.111. The molecule has 0 aliphatic carbocycles. The van der Waals surface area contributed by atoms with Gasteiger partial charge in [-0.2, -0.15) is 0 Å². The molecule has 0 aromatic rings. The molecule has 2 aliphatic rings. The van der Waals surface area contributed by atoms with Crippen molar-refractivity contribution in [2.45, 2.75) is 6.42 Å². The highest BCUT2D eigenvalue weighted by Crippen LogP contribution is 2.06. The van der Waals surface area contributed by atoms with Gasteiger partial charge in [-0.1, -0.05) is 5.92 Å². The summed E-state index contributed by atoms with van der Waals surface area (Å²) in [7, 11) is 0. The van der Waals surface area contributed by atoms with Gasteiger partial charge in [-0.05, 0) is 11.8 Å². The van der Waals surface area contributed by atoms with E-state index < -0.39 is 0 Å². The second kappa shape index (κ2) is 1.87. The van der Waals surface area contributed by atoms with Crippen molar-refractivity contribution in [1.82, 2.24) is 4.90 Å². The van der Waals surface area contributed by atoms with Crippen LogP contribution < -0.4 is 0 Å². The van der Waals surface area contributed by atoms with Crippen molar-refractivity contribution < 1.29 is 0 Å². The molecule has 0 fully saturated rings. The van der Waals surface area contributed by atoms with Gasteiger partial charge in [0.1, 0.15) is 5.70 Å². The summed E-state index contributed by atoms with van der Waals surface area (Å²) in [6, 6.07) is 5.59. The second-order valence-electron chi connectivity index (χ2n) is 1.81. The summed E-state index contributed by atoms with van der Waals surface area (Å²) in [4.78, 5) is 1.61. The zero-order valence-electron chi connectivity index (χ0n) is 5.15. The third kappa shape index (κ3) is 0.644. The third-order valence-corrected chi connectivity index (χ3v) is 1.17. The maximum Gasteiger partial charge on any atom is 0.119 e. The zero-order chi connectivity index (χ0) is 6.81. The van der Waals surface area contributed by atoms with Crippen LogP contribution in [0, 0.1) is 41.8 Å². The molecule has 43 valence electrons. The minimum atomic E-state index is 0.669. The van der Waals surface area contributed by atoms with Crippen LogP contribution in [0.15, 0.2) is 5.70 Å². The Balaban J connectivity index is 2.45. The van der Waals surface area contributed by atoms with Crippen molar-refractivity contribution >= 4 is 0 Å². The van der Waals surface area contributed by atoms with E-state index in [9.17, 15) is 0 Å². The van der Waals surface area contributed by atoms with Gasteiger partial charge in [0.2, 0.25) is 0 Å². The van der Waals surface area contributed by atoms with Crippen LogP contribution in [0.4, 0.5) is 0 Å². The van der Waals surface area contributed by atoms with Gasteiger partial charge in [-0.25, -0.2) is 4.90 Å². The monoisotopic (exact) mass is 124 g/mol. The summed E-state index contributed by atoms with van der Waals surface area (Å²) in [6.07, 6.45) is 3.68. The molecule has 2 heterocycles. The van der Waals surface area contributed by atoms with Crippen LogP contribution in [0.1, 0.15) is 6.42 Å². The largest absolute Gasteiger partial charge is 0.218 e. The van der Waals surface area contributed by atoms with E-state index in [1.165, 1.54) is 0 Å². The molecule has 1 nitrogen and oxygen atoms in total. The maximum absolute atomic E-state index is 3.01. The summed E-state index contributed by atoms with van der Waals surface area (Å²) in [5, 5.41) is 0. The Hall–Kier alpha value is -1.78. The van der Waals surface area contributed by atoms with Gasteiger partial charge >= 0.3 is 0 Å². The number of hydrogen-bond acceptors (Lipinski definition) is 1.